The number of hydrogen-bond donors (Lipinski definition) is 2. The van der Waals surface area contributed by atoms with Crippen LogP contribution in [0.25, 0.3) is 0 Å². The summed E-state index contributed by atoms with van der Waals surface area (Å²) in [6.07, 6.45) is -0.621. The van der Waals surface area contributed by atoms with E-state index in [1.807, 2.05) is 0 Å². The number of amides is 1. The average Bonchev–Trinajstić information content (AvgIpc) is 2.10. The van der Waals surface area contributed by atoms with Gasteiger partial charge in [-0.2, -0.15) is 0 Å². The Morgan fingerprint density at radius 2 is 2.20 bits per heavy atom. The Morgan fingerprint density at radius 3 is 2.73 bits per heavy atom. The van der Waals surface area contributed by atoms with Gasteiger partial charge in [-0.05, 0) is 48.0 Å². The van der Waals surface area contributed by atoms with Gasteiger partial charge < -0.3 is 10.5 Å². The summed E-state index contributed by atoms with van der Waals surface area (Å²) in [7, 11) is 0. The Kier molecular flexibility index (Phi) is 3.96. The lowest BCUT2D eigenvalue weighted by Gasteiger charge is -2.10. The van der Waals surface area contributed by atoms with Crippen LogP contribution in [-0.2, 0) is 4.74 Å². The molecule has 0 saturated carbocycles. The van der Waals surface area contributed by atoms with Crippen LogP contribution in [0.3, 0.4) is 0 Å². The summed E-state index contributed by atoms with van der Waals surface area (Å²) in [5.74, 6) is 0. The van der Waals surface area contributed by atoms with Crippen molar-refractivity contribution in [2.24, 2.45) is 0 Å². The highest BCUT2D eigenvalue weighted by molar-refractivity contribution is 9.10. The van der Waals surface area contributed by atoms with Crippen LogP contribution in [-0.4, -0.2) is 12.2 Å². The molecule has 0 aliphatic heterocycles. The van der Waals surface area contributed by atoms with Gasteiger partial charge in [0.25, 0.3) is 0 Å². The number of carbonyl (C=O) groups is 1. The van der Waals surface area contributed by atoms with Gasteiger partial charge in [0.05, 0.1) is 6.10 Å². The fourth-order valence-electron chi connectivity index (χ4n) is 0.983. The maximum Gasteiger partial charge on any atom is 0.411 e. The van der Waals surface area contributed by atoms with Crippen LogP contribution in [0.5, 0.6) is 0 Å². The second-order valence-electron chi connectivity index (χ2n) is 3.32. The third-order valence-corrected chi connectivity index (χ3v) is 2.31. The van der Waals surface area contributed by atoms with Crippen molar-refractivity contribution < 1.29 is 9.53 Å². The summed E-state index contributed by atoms with van der Waals surface area (Å²) < 4.78 is 5.72. The summed E-state index contributed by atoms with van der Waals surface area (Å²) in [6.45, 7) is 3.57. The van der Waals surface area contributed by atoms with E-state index in [1.165, 1.54) is 0 Å². The predicted octanol–water partition coefficient (Wildman–Crippen LogP) is 2.99. The van der Waals surface area contributed by atoms with Crippen molar-refractivity contribution in [3.05, 3.63) is 22.7 Å². The van der Waals surface area contributed by atoms with Gasteiger partial charge in [-0.25, -0.2) is 4.79 Å². The molecule has 1 rings (SSSR count). The highest BCUT2D eigenvalue weighted by atomic mass is 79.9. The van der Waals surface area contributed by atoms with Crippen molar-refractivity contribution in [3.63, 3.8) is 0 Å². The molecule has 0 aliphatic carbocycles. The van der Waals surface area contributed by atoms with Crippen LogP contribution in [0.2, 0.25) is 0 Å². The molecule has 0 saturated heterocycles. The van der Waals surface area contributed by atoms with E-state index < -0.39 is 6.09 Å². The highest BCUT2D eigenvalue weighted by Crippen LogP contribution is 2.22. The molecule has 0 unspecified atom stereocenters. The number of rotatable bonds is 2. The second kappa shape index (κ2) is 5.02. The Labute approximate surface area is 96.9 Å². The summed E-state index contributed by atoms with van der Waals surface area (Å²) in [5.41, 5.74) is 6.84. The fraction of sp³-hybridized carbons (Fsp3) is 0.300. The predicted molar refractivity (Wildman–Crippen MR) is 63.8 cm³/mol. The number of ether oxygens (including phenoxy) is 1. The van der Waals surface area contributed by atoms with E-state index in [-0.39, 0.29) is 6.10 Å². The van der Waals surface area contributed by atoms with E-state index in [0.717, 1.165) is 4.47 Å². The van der Waals surface area contributed by atoms with Gasteiger partial charge >= 0.3 is 6.09 Å². The summed E-state index contributed by atoms with van der Waals surface area (Å²) in [6, 6.07) is 5.16. The summed E-state index contributed by atoms with van der Waals surface area (Å²) in [5, 5.41) is 2.58. The van der Waals surface area contributed by atoms with E-state index in [9.17, 15) is 4.79 Å². The quantitative estimate of drug-likeness (QED) is 0.814. The Hall–Kier alpha value is -1.23. The van der Waals surface area contributed by atoms with Gasteiger partial charge in [-0.3, -0.25) is 5.32 Å². The Bertz CT molecular complexity index is 366. The molecule has 3 N–H and O–H groups in total. The van der Waals surface area contributed by atoms with Crippen LogP contribution in [0.4, 0.5) is 16.2 Å². The first kappa shape index (κ1) is 11.8. The second-order valence-corrected chi connectivity index (χ2v) is 4.17. The summed E-state index contributed by atoms with van der Waals surface area (Å²) >= 11 is 3.27. The molecule has 1 aromatic rings. The Morgan fingerprint density at radius 1 is 1.53 bits per heavy atom. The van der Waals surface area contributed by atoms with Gasteiger partial charge in [0.15, 0.2) is 0 Å². The largest absolute Gasteiger partial charge is 0.447 e. The zero-order valence-electron chi connectivity index (χ0n) is 8.58. The SMILES string of the molecule is CC(C)OC(=O)Nc1ccc(Br)c(N)c1. The van der Waals surface area contributed by atoms with Crippen LogP contribution in [0.1, 0.15) is 13.8 Å². The number of benzene rings is 1. The zero-order chi connectivity index (χ0) is 11.4. The number of carbonyl (C=O) groups excluding carboxylic acids is 1. The number of nitrogens with two attached hydrogens (primary N) is 1. The van der Waals surface area contributed by atoms with Crippen LogP contribution in [0, 0.1) is 0 Å². The van der Waals surface area contributed by atoms with E-state index in [0.29, 0.717) is 11.4 Å². The molecule has 5 heteroatoms. The number of anilines is 2. The molecule has 15 heavy (non-hydrogen) atoms. The highest BCUT2D eigenvalue weighted by Gasteiger charge is 2.06. The molecule has 0 fully saturated rings. The fourth-order valence-corrected chi connectivity index (χ4v) is 1.23. The van der Waals surface area contributed by atoms with E-state index in [1.54, 1.807) is 32.0 Å². The molecule has 0 spiro atoms. The molecular weight excluding hydrogens is 260 g/mol. The minimum absolute atomic E-state index is 0.141. The van der Waals surface area contributed by atoms with Crippen molar-refractivity contribution in [2.75, 3.05) is 11.1 Å². The van der Waals surface area contributed by atoms with Crippen LogP contribution in [0.15, 0.2) is 22.7 Å². The normalized spacial score (nSPS) is 10.1. The molecule has 4 nitrogen and oxygen atoms in total. The number of nitrogen functional groups attached to an aromatic ring is 1. The first-order valence-electron chi connectivity index (χ1n) is 4.51. The monoisotopic (exact) mass is 272 g/mol. The maximum atomic E-state index is 11.2. The maximum absolute atomic E-state index is 11.2. The summed E-state index contributed by atoms with van der Waals surface area (Å²) in [4.78, 5) is 11.2. The van der Waals surface area contributed by atoms with E-state index in [4.69, 9.17) is 10.5 Å². The lowest BCUT2D eigenvalue weighted by molar-refractivity contribution is 0.130. The Balaban J connectivity index is 2.65. The first-order chi connectivity index (χ1) is 6.99. The van der Waals surface area contributed by atoms with E-state index in [2.05, 4.69) is 21.2 Å². The van der Waals surface area contributed by atoms with Gasteiger partial charge in [-0.15, -0.1) is 0 Å². The van der Waals surface area contributed by atoms with Gasteiger partial charge in [0, 0.05) is 15.8 Å². The van der Waals surface area contributed by atoms with Gasteiger partial charge in [0.1, 0.15) is 0 Å². The molecule has 1 amide bonds. The van der Waals surface area contributed by atoms with E-state index >= 15 is 0 Å². The average molecular weight is 273 g/mol. The molecular formula is C10H13BrN2O2. The van der Waals surface area contributed by atoms with Gasteiger partial charge in [0.2, 0.25) is 0 Å². The topological polar surface area (TPSA) is 64.3 Å². The number of hydrogen-bond acceptors (Lipinski definition) is 3. The molecule has 82 valence electrons. The standard InChI is InChI=1S/C10H13BrN2O2/c1-6(2)15-10(14)13-7-3-4-8(11)9(12)5-7/h3-6H,12H2,1-2H3,(H,13,14). The first-order valence-corrected chi connectivity index (χ1v) is 5.31. The molecule has 0 aliphatic rings. The van der Waals surface area contributed by atoms with Gasteiger partial charge in [-0.1, -0.05) is 0 Å². The minimum atomic E-state index is -0.480. The minimum Gasteiger partial charge on any atom is -0.447 e. The molecule has 0 bridgehead atoms. The third kappa shape index (κ3) is 3.79. The zero-order valence-corrected chi connectivity index (χ0v) is 10.2. The van der Waals surface area contributed by atoms with Crippen molar-refractivity contribution >= 4 is 33.4 Å². The van der Waals surface area contributed by atoms with Crippen molar-refractivity contribution in [2.45, 2.75) is 20.0 Å². The molecule has 0 radical (unpaired) electrons. The number of halogens is 1. The molecule has 0 atom stereocenters. The molecule has 1 aromatic carbocycles. The van der Waals surface area contributed by atoms with Crippen molar-refractivity contribution in [3.8, 4) is 0 Å². The molecule has 0 heterocycles. The lowest BCUT2D eigenvalue weighted by Crippen LogP contribution is -2.18. The lowest BCUT2D eigenvalue weighted by atomic mass is 10.3. The van der Waals surface area contributed by atoms with Crippen LogP contribution >= 0.6 is 15.9 Å². The number of nitrogens with one attached hydrogen (secondary N) is 1. The van der Waals surface area contributed by atoms with Crippen molar-refractivity contribution in [1.82, 2.24) is 0 Å². The smallest absolute Gasteiger partial charge is 0.411 e. The van der Waals surface area contributed by atoms with Crippen molar-refractivity contribution in [1.29, 1.82) is 0 Å². The molecule has 0 aromatic heterocycles. The van der Waals surface area contributed by atoms with Crippen LogP contribution < -0.4 is 11.1 Å². The third-order valence-electron chi connectivity index (χ3n) is 1.59.